The summed E-state index contributed by atoms with van der Waals surface area (Å²) in [6.45, 7) is 5.89. The van der Waals surface area contributed by atoms with Gasteiger partial charge in [-0.25, -0.2) is 4.79 Å². The molecule has 1 aromatic carbocycles. The van der Waals surface area contributed by atoms with Gasteiger partial charge >= 0.3 is 5.97 Å². The predicted molar refractivity (Wildman–Crippen MR) is 70.4 cm³/mol. The number of aliphatic carboxylic acids is 1. The van der Waals surface area contributed by atoms with Crippen molar-refractivity contribution in [3.05, 3.63) is 29.8 Å². The van der Waals surface area contributed by atoms with E-state index in [0.29, 0.717) is 12.8 Å². The molecule has 17 heavy (non-hydrogen) atoms. The highest BCUT2D eigenvalue weighted by Gasteiger charge is 2.34. The van der Waals surface area contributed by atoms with Crippen LogP contribution < -0.4 is 5.32 Å². The summed E-state index contributed by atoms with van der Waals surface area (Å²) in [5.41, 5.74) is 1.27. The van der Waals surface area contributed by atoms with Crippen LogP contribution in [0.1, 0.15) is 39.2 Å². The van der Waals surface area contributed by atoms with Gasteiger partial charge in [0, 0.05) is 5.69 Å². The van der Waals surface area contributed by atoms with Crippen molar-refractivity contribution in [2.75, 3.05) is 5.32 Å². The maximum Gasteiger partial charge on any atom is 0.329 e. The summed E-state index contributed by atoms with van der Waals surface area (Å²) in [6, 6.07) is 7.95. The Hall–Kier alpha value is -1.51. The average Bonchev–Trinajstić information content (AvgIpc) is 2.36. The van der Waals surface area contributed by atoms with Gasteiger partial charge in [-0.05, 0) is 37.0 Å². The molecule has 0 atom stereocenters. The van der Waals surface area contributed by atoms with Crippen LogP contribution in [0.5, 0.6) is 0 Å². The minimum atomic E-state index is -0.853. The van der Waals surface area contributed by atoms with Crippen molar-refractivity contribution in [1.29, 1.82) is 0 Å². The zero-order valence-electron chi connectivity index (χ0n) is 10.8. The van der Waals surface area contributed by atoms with Crippen LogP contribution in [0.3, 0.4) is 0 Å². The van der Waals surface area contributed by atoms with Crippen molar-refractivity contribution in [2.24, 2.45) is 0 Å². The zero-order valence-corrected chi connectivity index (χ0v) is 10.8. The standard InChI is InChI=1S/C14H21NO2/c1-4-11-7-9-12(10-8-11)15-14(5-2,6-3)13(16)17/h7-10,15H,4-6H2,1-3H3,(H,16,17). The number of hydrogen-bond acceptors (Lipinski definition) is 2. The molecule has 0 unspecified atom stereocenters. The second kappa shape index (κ2) is 5.71. The molecule has 1 rings (SSSR count). The smallest absolute Gasteiger partial charge is 0.329 e. The Morgan fingerprint density at radius 3 is 2.06 bits per heavy atom. The Morgan fingerprint density at radius 2 is 1.71 bits per heavy atom. The van der Waals surface area contributed by atoms with E-state index in [9.17, 15) is 9.90 Å². The second-order valence-electron chi connectivity index (χ2n) is 4.27. The molecule has 0 saturated carbocycles. The lowest BCUT2D eigenvalue weighted by Crippen LogP contribution is -2.45. The summed E-state index contributed by atoms with van der Waals surface area (Å²) in [5.74, 6) is -0.790. The van der Waals surface area contributed by atoms with E-state index in [1.807, 2.05) is 38.1 Å². The van der Waals surface area contributed by atoms with Crippen LogP contribution >= 0.6 is 0 Å². The summed E-state index contributed by atoms with van der Waals surface area (Å²) in [5, 5.41) is 12.5. The largest absolute Gasteiger partial charge is 0.480 e. The van der Waals surface area contributed by atoms with Crippen LogP contribution in [0.15, 0.2) is 24.3 Å². The fourth-order valence-corrected chi connectivity index (χ4v) is 1.88. The Labute approximate surface area is 103 Å². The number of rotatable bonds is 6. The third-order valence-corrected chi connectivity index (χ3v) is 3.36. The number of anilines is 1. The van der Waals surface area contributed by atoms with Crippen molar-refractivity contribution in [1.82, 2.24) is 0 Å². The third-order valence-electron chi connectivity index (χ3n) is 3.36. The van der Waals surface area contributed by atoms with Crippen LogP contribution in [-0.2, 0) is 11.2 Å². The second-order valence-corrected chi connectivity index (χ2v) is 4.27. The number of carbonyl (C=O) groups is 1. The third kappa shape index (κ3) is 2.99. The fourth-order valence-electron chi connectivity index (χ4n) is 1.88. The van der Waals surface area contributed by atoms with Gasteiger partial charge in [-0.15, -0.1) is 0 Å². The van der Waals surface area contributed by atoms with Gasteiger partial charge in [-0.2, -0.15) is 0 Å². The number of aryl methyl sites for hydroxylation is 1. The van der Waals surface area contributed by atoms with E-state index in [0.717, 1.165) is 12.1 Å². The van der Waals surface area contributed by atoms with Crippen LogP contribution in [0.25, 0.3) is 0 Å². The molecule has 2 N–H and O–H groups in total. The summed E-state index contributed by atoms with van der Waals surface area (Å²) in [6.07, 6.45) is 2.12. The first-order valence-electron chi connectivity index (χ1n) is 6.18. The lowest BCUT2D eigenvalue weighted by Gasteiger charge is -2.29. The summed E-state index contributed by atoms with van der Waals surface area (Å²) >= 11 is 0. The first-order valence-corrected chi connectivity index (χ1v) is 6.18. The van der Waals surface area contributed by atoms with Gasteiger partial charge in [0.15, 0.2) is 0 Å². The molecule has 0 aliphatic carbocycles. The van der Waals surface area contributed by atoms with E-state index in [1.165, 1.54) is 5.56 Å². The molecule has 94 valence electrons. The Kier molecular flexibility index (Phi) is 4.55. The highest BCUT2D eigenvalue weighted by atomic mass is 16.4. The van der Waals surface area contributed by atoms with Crippen molar-refractivity contribution < 1.29 is 9.90 Å². The molecule has 1 aromatic rings. The van der Waals surface area contributed by atoms with Gasteiger partial charge in [0.25, 0.3) is 0 Å². The lowest BCUT2D eigenvalue weighted by atomic mass is 9.92. The number of carboxylic acid groups (broad SMARTS) is 1. The number of nitrogens with one attached hydrogen (secondary N) is 1. The predicted octanol–water partition coefficient (Wildman–Crippen LogP) is 3.30. The lowest BCUT2D eigenvalue weighted by molar-refractivity contribution is -0.142. The van der Waals surface area contributed by atoms with Gasteiger partial charge < -0.3 is 10.4 Å². The minimum absolute atomic E-state index is 0.564. The first kappa shape index (κ1) is 13.6. The van der Waals surface area contributed by atoms with Gasteiger partial charge in [-0.1, -0.05) is 32.9 Å². The highest BCUT2D eigenvalue weighted by Crippen LogP contribution is 2.23. The molecule has 0 aliphatic rings. The summed E-state index contributed by atoms with van der Waals surface area (Å²) in [4.78, 5) is 11.3. The molecule has 0 aromatic heterocycles. The fraction of sp³-hybridized carbons (Fsp3) is 0.500. The summed E-state index contributed by atoms with van der Waals surface area (Å²) < 4.78 is 0. The number of hydrogen-bond donors (Lipinski definition) is 2. The number of carboxylic acids is 1. The number of benzene rings is 1. The van der Waals surface area contributed by atoms with Crippen LogP contribution in [0.4, 0.5) is 5.69 Å². The molecule has 0 radical (unpaired) electrons. The Bertz CT molecular complexity index is 366. The van der Waals surface area contributed by atoms with Crippen molar-refractivity contribution in [3.8, 4) is 0 Å². The molecule has 0 amide bonds. The van der Waals surface area contributed by atoms with Crippen molar-refractivity contribution >= 4 is 11.7 Å². The summed E-state index contributed by atoms with van der Waals surface area (Å²) in [7, 11) is 0. The van der Waals surface area contributed by atoms with Gasteiger partial charge in [0.05, 0.1) is 0 Å². The van der Waals surface area contributed by atoms with E-state index in [-0.39, 0.29) is 0 Å². The van der Waals surface area contributed by atoms with Crippen LogP contribution in [-0.4, -0.2) is 16.6 Å². The van der Waals surface area contributed by atoms with Gasteiger partial charge in [-0.3, -0.25) is 0 Å². The van der Waals surface area contributed by atoms with E-state index in [1.54, 1.807) is 0 Å². The van der Waals surface area contributed by atoms with Crippen molar-refractivity contribution in [2.45, 2.75) is 45.6 Å². The monoisotopic (exact) mass is 235 g/mol. The SMILES string of the molecule is CCc1ccc(NC(CC)(CC)C(=O)O)cc1. The van der Waals surface area contributed by atoms with E-state index in [2.05, 4.69) is 12.2 Å². The molecule has 3 heteroatoms. The molecule has 0 bridgehead atoms. The molecular formula is C14H21NO2. The Balaban J connectivity index is 2.89. The average molecular weight is 235 g/mol. The molecule has 0 saturated heterocycles. The van der Waals surface area contributed by atoms with Gasteiger partial charge in [0.1, 0.15) is 5.54 Å². The maximum absolute atomic E-state index is 11.3. The molecule has 0 fully saturated rings. The Morgan fingerprint density at radius 1 is 1.18 bits per heavy atom. The highest BCUT2D eigenvalue weighted by molar-refractivity contribution is 5.82. The molecule has 0 heterocycles. The van der Waals surface area contributed by atoms with Crippen LogP contribution in [0.2, 0.25) is 0 Å². The van der Waals surface area contributed by atoms with E-state index >= 15 is 0 Å². The minimum Gasteiger partial charge on any atom is -0.480 e. The van der Waals surface area contributed by atoms with Gasteiger partial charge in [0.2, 0.25) is 0 Å². The van der Waals surface area contributed by atoms with E-state index < -0.39 is 11.5 Å². The molecule has 0 aliphatic heterocycles. The molecule has 3 nitrogen and oxygen atoms in total. The topological polar surface area (TPSA) is 49.3 Å². The van der Waals surface area contributed by atoms with Crippen molar-refractivity contribution in [3.63, 3.8) is 0 Å². The maximum atomic E-state index is 11.3. The molecular weight excluding hydrogens is 214 g/mol. The molecule has 0 spiro atoms. The quantitative estimate of drug-likeness (QED) is 0.795. The van der Waals surface area contributed by atoms with Crippen LogP contribution in [0, 0.1) is 0 Å². The first-order chi connectivity index (χ1) is 8.07. The zero-order chi connectivity index (χ0) is 12.9. The normalized spacial score (nSPS) is 11.2. The van der Waals surface area contributed by atoms with E-state index in [4.69, 9.17) is 0 Å².